The molecule has 2 N–H and O–H groups in total. The number of furan rings is 1. The molecule has 0 saturated carbocycles. The van der Waals surface area contributed by atoms with Crippen molar-refractivity contribution >= 4 is 17.5 Å². The topological polar surface area (TPSA) is 90.7 Å². The van der Waals surface area contributed by atoms with Gasteiger partial charge in [-0.3, -0.25) is 19.5 Å². The van der Waals surface area contributed by atoms with Gasteiger partial charge in [-0.05, 0) is 42.0 Å². The zero-order chi connectivity index (χ0) is 22.2. The lowest BCUT2D eigenvalue weighted by Gasteiger charge is -2.39. The van der Waals surface area contributed by atoms with Crippen LogP contribution in [0.1, 0.15) is 17.4 Å². The molecule has 0 unspecified atom stereocenters. The Bertz CT molecular complexity index is 987. The third-order valence-corrected chi connectivity index (χ3v) is 5.61. The van der Waals surface area contributed by atoms with E-state index < -0.39 is 11.8 Å². The highest BCUT2D eigenvalue weighted by Gasteiger charge is 2.28. The van der Waals surface area contributed by atoms with Gasteiger partial charge in [0.25, 0.3) is 0 Å². The van der Waals surface area contributed by atoms with Crippen LogP contribution < -0.4 is 15.5 Å². The van der Waals surface area contributed by atoms with E-state index in [-0.39, 0.29) is 12.6 Å². The van der Waals surface area contributed by atoms with Crippen LogP contribution in [0.2, 0.25) is 0 Å². The molecule has 1 atom stereocenters. The smallest absolute Gasteiger partial charge is 0.309 e. The molecule has 1 aliphatic heterocycles. The normalized spacial score (nSPS) is 15.2. The molecule has 166 valence electrons. The van der Waals surface area contributed by atoms with Crippen molar-refractivity contribution in [3.63, 3.8) is 0 Å². The lowest BCUT2D eigenvalue weighted by molar-refractivity contribution is -0.139. The van der Waals surface area contributed by atoms with Crippen molar-refractivity contribution < 1.29 is 14.0 Å². The molecule has 0 aliphatic carbocycles. The molecule has 1 fully saturated rings. The van der Waals surface area contributed by atoms with Gasteiger partial charge in [-0.25, -0.2) is 0 Å². The molecule has 0 spiro atoms. The van der Waals surface area contributed by atoms with E-state index in [1.165, 1.54) is 5.69 Å². The number of aromatic nitrogens is 1. The van der Waals surface area contributed by atoms with Crippen LogP contribution in [0.3, 0.4) is 0 Å². The van der Waals surface area contributed by atoms with E-state index in [4.69, 9.17) is 4.42 Å². The molecule has 2 aromatic heterocycles. The molecular formula is C24H27N5O3. The van der Waals surface area contributed by atoms with E-state index in [1.807, 2.05) is 30.3 Å². The summed E-state index contributed by atoms with van der Waals surface area (Å²) < 4.78 is 5.65. The molecule has 2 amide bonds. The fourth-order valence-corrected chi connectivity index (χ4v) is 3.85. The maximum Gasteiger partial charge on any atom is 0.309 e. The Kier molecular flexibility index (Phi) is 7.14. The highest BCUT2D eigenvalue weighted by atomic mass is 16.3. The monoisotopic (exact) mass is 433 g/mol. The molecule has 32 heavy (non-hydrogen) atoms. The summed E-state index contributed by atoms with van der Waals surface area (Å²) in [6.45, 7) is 3.97. The fraction of sp³-hybridized carbons (Fsp3) is 0.292. The molecule has 4 rings (SSSR count). The van der Waals surface area contributed by atoms with Crippen LogP contribution in [0.4, 0.5) is 5.69 Å². The second kappa shape index (κ2) is 10.6. The molecule has 1 saturated heterocycles. The Morgan fingerprint density at radius 3 is 2.31 bits per heavy atom. The Hall–Kier alpha value is -3.65. The minimum absolute atomic E-state index is 0.139. The minimum Gasteiger partial charge on any atom is -0.468 e. The number of rotatable bonds is 7. The quantitative estimate of drug-likeness (QED) is 0.554. The van der Waals surface area contributed by atoms with Crippen molar-refractivity contribution in [2.45, 2.75) is 12.6 Å². The summed E-state index contributed by atoms with van der Waals surface area (Å²) >= 11 is 0. The number of benzene rings is 1. The van der Waals surface area contributed by atoms with Crippen molar-refractivity contribution in [2.24, 2.45) is 0 Å². The third kappa shape index (κ3) is 5.53. The molecule has 0 bridgehead atoms. The molecule has 8 heteroatoms. The summed E-state index contributed by atoms with van der Waals surface area (Å²) in [5.74, 6) is -0.539. The van der Waals surface area contributed by atoms with Crippen LogP contribution in [0.15, 0.2) is 77.7 Å². The molecule has 1 aromatic carbocycles. The van der Waals surface area contributed by atoms with Crippen LogP contribution >= 0.6 is 0 Å². The van der Waals surface area contributed by atoms with Crippen molar-refractivity contribution in [1.29, 1.82) is 0 Å². The number of para-hydroxylation sites is 1. The van der Waals surface area contributed by atoms with Crippen molar-refractivity contribution in [3.8, 4) is 0 Å². The molecular weight excluding hydrogens is 406 g/mol. The van der Waals surface area contributed by atoms with E-state index in [2.05, 4.69) is 37.6 Å². The lowest BCUT2D eigenvalue weighted by atomic mass is 10.1. The molecule has 3 aromatic rings. The number of carbonyl (C=O) groups is 2. The fourth-order valence-electron chi connectivity index (χ4n) is 3.85. The van der Waals surface area contributed by atoms with Crippen LogP contribution in [0.5, 0.6) is 0 Å². The van der Waals surface area contributed by atoms with Gasteiger partial charge >= 0.3 is 11.8 Å². The highest BCUT2D eigenvalue weighted by Crippen LogP contribution is 2.24. The van der Waals surface area contributed by atoms with Gasteiger partial charge < -0.3 is 20.0 Å². The number of nitrogens with one attached hydrogen (secondary N) is 2. The van der Waals surface area contributed by atoms with Crippen LogP contribution in [-0.2, 0) is 16.1 Å². The van der Waals surface area contributed by atoms with Gasteiger partial charge in [-0.1, -0.05) is 18.2 Å². The molecule has 1 aliphatic rings. The van der Waals surface area contributed by atoms with Gasteiger partial charge in [0.1, 0.15) is 5.76 Å². The first-order chi connectivity index (χ1) is 15.7. The maximum absolute atomic E-state index is 12.4. The Labute approximate surface area is 187 Å². The SMILES string of the molecule is O=C(NCc1ccncc1)C(=O)NC[C@@H](c1ccco1)N1CCN(c2ccccc2)CC1. The number of hydrogen-bond donors (Lipinski definition) is 2. The Morgan fingerprint density at radius 2 is 1.62 bits per heavy atom. The van der Waals surface area contributed by atoms with Crippen LogP contribution in [0, 0.1) is 0 Å². The largest absolute Gasteiger partial charge is 0.468 e. The standard InChI is InChI=1S/C24H27N5O3/c30-23(26-17-19-8-10-25-11-9-19)24(31)27-18-21(22-7-4-16-32-22)29-14-12-28(13-15-29)20-5-2-1-3-6-20/h1-11,16,21H,12-15,17-18H2,(H,26,30)(H,27,31)/t21-/m0/s1. The summed E-state index contributed by atoms with van der Waals surface area (Å²) in [4.78, 5) is 33.1. The Balaban J connectivity index is 1.32. The third-order valence-electron chi connectivity index (χ3n) is 5.61. The van der Waals surface area contributed by atoms with Crippen molar-refractivity contribution in [1.82, 2.24) is 20.5 Å². The van der Waals surface area contributed by atoms with Gasteiger partial charge in [-0.15, -0.1) is 0 Å². The van der Waals surface area contributed by atoms with Crippen molar-refractivity contribution in [2.75, 3.05) is 37.6 Å². The van der Waals surface area contributed by atoms with Crippen LogP contribution in [-0.4, -0.2) is 54.4 Å². The average Bonchev–Trinajstić information content (AvgIpc) is 3.39. The number of amides is 2. The van der Waals surface area contributed by atoms with E-state index in [0.29, 0.717) is 6.54 Å². The van der Waals surface area contributed by atoms with E-state index >= 15 is 0 Å². The van der Waals surface area contributed by atoms with Gasteiger partial charge in [0.05, 0.1) is 12.3 Å². The summed E-state index contributed by atoms with van der Waals surface area (Å²) in [5, 5.41) is 5.41. The lowest BCUT2D eigenvalue weighted by Crippen LogP contribution is -2.50. The number of hydrogen-bond acceptors (Lipinski definition) is 6. The first-order valence-electron chi connectivity index (χ1n) is 10.7. The molecule has 3 heterocycles. The van der Waals surface area contributed by atoms with Crippen LogP contribution in [0.25, 0.3) is 0 Å². The zero-order valence-corrected chi connectivity index (χ0v) is 17.8. The number of nitrogens with zero attached hydrogens (tertiary/aromatic N) is 3. The number of pyridine rings is 1. The summed E-state index contributed by atoms with van der Waals surface area (Å²) in [6.07, 6.45) is 4.92. The molecule has 8 nitrogen and oxygen atoms in total. The van der Waals surface area contributed by atoms with E-state index in [1.54, 1.807) is 30.8 Å². The number of anilines is 1. The van der Waals surface area contributed by atoms with Crippen molar-refractivity contribution in [3.05, 3.63) is 84.6 Å². The van der Waals surface area contributed by atoms with E-state index in [0.717, 1.165) is 37.5 Å². The predicted octanol–water partition coefficient (Wildman–Crippen LogP) is 1.97. The zero-order valence-electron chi connectivity index (χ0n) is 17.8. The van der Waals surface area contributed by atoms with Gasteiger partial charge in [0.15, 0.2) is 0 Å². The van der Waals surface area contributed by atoms with Gasteiger partial charge in [0, 0.05) is 57.3 Å². The Morgan fingerprint density at radius 1 is 0.906 bits per heavy atom. The number of carbonyl (C=O) groups excluding carboxylic acids is 2. The summed E-state index contributed by atoms with van der Waals surface area (Å²) in [6, 6.07) is 17.5. The highest BCUT2D eigenvalue weighted by molar-refractivity contribution is 6.35. The minimum atomic E-state index is -0.658. The molecule has 0 radical (unpaired) electrons. The van der Waals surface area contributed by atoms with E-state index in [9.17, 15) is 9.59 Å². The summed E-state index contributed by atoms with van der Waals surface area (Å²) in [5.41, 5.74) is 2.09. The maximum atomic E-state index is 12.4. The average molecular weight is 434 g/mol. The first-order valence-corrected chi connectivity index (χ1v) is 10.7. The summed E-state index contributed by atoms with van der Waals surface area (Å²) in [7, 11) is 0. The number of piperazine rings is 1. The second-order valence-electron chi connectivity index (χ2n) is 7.64. The predicted molar refractivity (Wildman–Crippen MR) is 121 cm³/mol. The first kappa shape index (κ1) is 21.6. The van der Waals surface area contributed by atoms with Gasteiger partial charge in [-0.2, -0.15) is 0 Å². The second-order valence-corrected chi connectivity index (χ2v) is 7.64. The van der Waals surface area contributed by atoms with Gasteiger partial charge in [0.2, 0.25) is 0 Å².